The lowest BCUT2D eigenvalue weighted by molar-refractivity contribution is 0.336. The Hall–Kier alpha value is -3.28. The highest BCUT2D eigenvalue weighted by atomic mass is 19.1. The van der Waals surface area contributed by atoms with Crippen molar-refractivity contribution in [1.82, 2.24) is 19.7 Å². The van der Waals surface area contributed by atoms with Crippen LogP contribution in [-0.4, -0.2) is 19.7 Å². The van der Waals surface area contributed by atoms with E-state index in [1.54, 1.807) is 12.1 Å². The molecule has 6 heteroatoms. The van der Waals surface area contributed by atoms with Gasteiger partial charge in [0.1, 0.15) is 23.7 Å². The third-order valence-electron chi connectivity index (χ3n) is 6.18. The molecule has 4 aromatic rings. The number of nitrogens with zero attached hydrogens (tertiary/aromatic N) is 4. The summed E-state index contributed by atoms with van der Waals surface area (Å²) in [5.74, 6) is 0.267. The van der Waals surface area contributed by atoms with Gasteiger partial charge in [0.2, 0.25) is 0 Å². The minimum atomic E-state index is -0.193. The molecule has 158 valence electrons. The zero-order valence-electron chi connectivity index (χ0n) is 17.7. The Kier molecular flexibility index (Phi) is 5.14. The smallest absolute Gasteiger partial charge is 0.164 e. The zero-order chi connectivity index (χ0) is 21.4. The lowest BCUT2D eigenvalue weighted by atomic mass is 9.96. The van der Waals surface area contributed by atoms with E-state index in [1.807, 2.05) is 13.0 Å². The number of aryl methyl sites for hydroxylation is 1. The van der Waals surface area contributed by atoms with Crippen LogP contribution < -0.4 is 5.73 Å². The topological polar surface area (TPSA) is 69.6 Å². The standard InChI is InChI=1S/C25H26FN5/c1-16-11-18(14-20(26)12-16)13-17-7-9-19(10-8-17)23-22-24(27)28-15-29-25(22)31(30-23)21-5-3-2-4-6-21/h7-12,14-15,21H,2-6,13H2,1H3,(H2,27,28,29). The van der Waals surface area contributed by atoms with E-state index in [1.165, 1.54) is 25.6 Å². The Morgan fingerprint density at radius 1 is 1.00 bits per heavy atom. The Balaban J connectivity index is 1.50. The Labute approximate surface area is 181 Å². The Morgan fingerprint density at radius 2 is 1.77 bits per heavy atom. The van der Waals surface area contributed by atoms with Gasteiger partial charge in [-0.15, -0.1) is 0 Å². The van der Waals surface area contributed by atoms with Crippen molar-refractivity contribution in [1.29, 1.82) is 0 Å². The van der Waals surface area contributed by atoms with E-state index in [0.717, 1.165) is 51.8 Å². The van der Waals surface area contributed by atoms with Crippen LogP contribution in [0.1, 0.15) is 54.8 Å². The fraction of sp³-hybridized carbons (Fsp3) is 0.320. The summed E-state index contributed by atoms with van der Waals surface area (Å²) in [4.78, 5) is 8.75. The number of benzene rings is 2. The van der Waals surface area contributed by atoms with Gasteiger partial charge in [-0.1, -0.05) is 49.6 Å². The van der Waals surface area contributed by atoms with E-state index in [-0.39, 0.29) is 5.82 Å². The molecule has 0 saturated heterocycles. The second-order valence-electron chi connectivity index (χ2n) is 8.55. The molecule has 0 bridgehead atoms. The van der Waals surface area contributed by atoms with Crippen LogP contribution in [0.3, 0.4) is 0 Å². The Morgan fingerprint density at radius 3 is 2.52 bits per heavy atom. The van der Waals surface area contributed by atoms with Crippen LogP contribution >= 0.6 is 0 Å². The molecule has 0 unspecified atom stereocenters. The first kappa shape index (κ1) is 19.7. The van der Waals surface area contributed by atoms with Crippen LogP contribution in [0, 0.1) is 12.7 Å². The van der Waals surface area contributed by atoms with Crippen LogP contribution in [0.5, 0.6) is 0 Å². The normalized spacial score (nSPS) is 14.9. The SMILES string of the molecule is Cc1cc(F)cc(Cc2ccc(-c3nn(C4CCCCC4)c4ncnc(N)c34)cc2)c1. The molecule has 2 N–H and O–H groups in total. The van der Waals surface area contributed by atoms with Crippen molar-refractivity contribution < 1.29 is 4.39 Å². The molecule has 2 aromatic carbocycles. The van der Waals surface area contributed by atoms with Gasteiger partial charge in [0, 0.05) is 5.56 Å². The van der Waals surface area contributed by atoms with Crippen LogP contribution in [-0.2, 0) is 6.42 Å². The van der Waals surface area contributed by atoms with Crippen molar-refractivity contribution in [3.63, 3.8) is 0 Å². The van der Waals surface area contributed by atoms with Crippen molar-refractivity contribution in [3.8, 4) is 11.3 Å². The minimum Gasteiger partial charge on any atom is -0.383 e. The van der Waals surface area contributed by atoms with Crippen molar-refractivity contribution in [2.75, 3.05) is 5.73 Å². The summed E-state index contributed by atoms with van der Waals surface area (Å²) in [6, 6.07) is 13.8. The number of halogens is 1. The first-order chi connectivity index (χ1) is 15.1. The van der Waals surface area contributed by atoms with Gasteiger partial charge in [-0.3, -0.25) is 0 Å². The third kappa shape index (κ3) is 3.90. The molecule has 5 nitrogen and oxygen atoms in total. The maximum Gasteiger partial charge on any atom is 0.164 e. The van der Waals surface area contributed by atoms with Crippen LogP contribution in [0.2, 0.25) is 0 Å². The number of rotatable bonds is 4. The molecular weight excluding hydrogens is 389 g/mol. The van der Waals surface area contributed by atoms with Crippen molar-refractivity contribution in [2.24, 2.45) is 0 Å². The average Bonchev–Trinajstić information content (AvgIpc) is 3.15. The van der Waals surface area contributed by atoms with Gasteiger partial charge in [-0.05, 0) is 55.0 Å². The molecule has 0 amide bonds. The molecule has 0 radical (unpaired) electrons. The summed E-state index contributed by atoms with van der Waals surface area (Å²) < 4.78 is 15.8. The van der Waals surface area contributed by atoms with E-state index >= 15 is 0 Å². The van der Waals surface area contributed by atoms with E-state index in [9.17, 15) is 4.39 Å². The number of aromatic nitrogens is 4. The minimum absolute atomic E-state index is 0.193. The molecule has 0 aliphatic heterocycles. The molecule has 2 aromatic heterocycles. The highest BCUT2D eigenvalue weighted by Gasteiger charge is 2.23. The first-order valence-corrected chi connectivity index (χ1v) is 10.9. The van der Waals surface area contributed by atoms with Gasteiger partial charge in [0.15, 0.2) is 5.65 Å². The second-order valence-corrected chi connectivity index (χ2v) is 8.55. The maximum absolute atomic E-state index is 13.7. The quantitative estimate of drug-likeness (QED) is 0.470. The lowest BCUT2D eigenvalue weighted by Gasteiger charge is -2.22. The van der Waals surface area contributed by atoms with Gasteiger partial charge >= 0.3 is 0 Å². The van der Waals surface area contributed by atoms with Crippen molar-refractivity contribution >= 4 is 16.9 Å². The Bertz CT molecular complexity index is 1200. The summed E-state index contributed by atoms with van der Waals surface area (Å²) in [5.41, 5.74) is 11.9. The van der Waals surface area contributed by atoms with Gasteiger partial charge in [-0.25, -0.2) is 19.0 Å². The van der Waals surface area contributed by atoms with Gasteiger partial charge in [0.05, 0.1) is 11.4 Å². The first-order valence-electron chi connectivity index (χ1n) is 10.9. The molecule has 31 heavy (non-hydrogen) atoms. The average molecular weight is 416 g/mol. The molecule has 2 heterocycles. The maximum atomic E-state index is 13.7. The number of nitrogens with two attached hydrogens (primary N) is 1. The molecule has 0 atom stereocenters. The van der Waals surface area contributed by atoms with Gasteiger partial charge < -0.3 is 5.73 Å². The monoisotopic (exact) mass is 415 g/mol. The molecule has 1 aliphatic carbocycles. The lowest BCUT2D eigenvalue weighted by Crippen LogP contribution is -2.14. The molecule has 1 saturated carbocycles. The summed E-state index contributed by atoms with van der Waals surface area (Å²) >= 11 is 0. The van der Waals surface area contributed by atoms with Crippen molar-refractivity contribution in [3.05, 3.63) is 71.3 Å². The number of anilines is 1. The van der Waals surface area contributed by atoms with E-state index in [0.29, 0.717) is 18.3 Å². The van der Waals surface area contributed by atoms with E-state index in [4.69, 9.17) is 10.8 Å². The molecule has 1 aliphatic rings. The fourth-order valence-electron chi connectivity index (χ4n) is 4.71. The highest BCUT2D eigenvalue weighted by molar-refractivity contribution is 5.98. The predicted octanol–water partition coefficient (Wildman–Crippen LogP) is 5.62. The van der Waals surface area contributed by atoms with Gasteiger partial charge in [-0.2, -0.15) is 5.10 Å². The largest absolute Gasteiger partial charge is 0.383 e. The number of nitrogen functional groups attached to an aromatic ring is 1. The van der Waals surface area contributed by atoms with Crippen LogP contribution in [0.25, 0.3) is 22.3 Å². The molecular formula is C25H26FN5. The second kappa shape index (κ2) is 8.10. The predicted molar refractivity (Wildman–Crippen MR) is 121 cm³/mol. The van der Waals surface area contributed by atoms with E-state index < -0.39 is 0 Å². The van der Waals surface area contributed by atoms with E-state index in [2.05, 4.69) is 38.9 Å². The van der Waals surface area contributed by atoms with Crippen LogP contribution in [0.15, 0.2) is 48.8 Å². The van der Waals surface area contributed by atoms with Crippen LogP contribution in [0.4, 0.5) is 10.2 Å². The number of hydrogen-bond acceptors (Lipinski definition) is 4. The molecule has 1 fully saturated rings. The zero-order valence-corrected chi connectivity index (χ0v) is 17.7. The number of hydrogen-bond donors (Lipinski definition) is 1. The third-order valence-corrected chi connectivity index (χ3v) is 6.18. The molecule has 5 rings (SSSR count). The number of fused-ring (bicyclic) bond motifs is 1. The molecule has 0 spiro atoms. The summed E-state index contributed by atoms with van der Waals surface area (Å²) in [6.07, 6.45) is 8.16. The summed E-state index contributed by atoms with van der Waals surface area (Å²) in [6.45, 7) is 1.91. The summed E-state index contributed by atoms with van der Waals surface area (Å²) in [5, 5.41) is 5.79. The summed E-state index contributed by atoms with van der Waals surface area (Å²) in [7, 11) is 0. The van der Waals surface area contributed by atoms with Crippen molar-refractivity contribution in [2.45, 2.75) is 51.5 Å². The van der Waals surface area contributed by atoms with Gasteiger partial charge in [0.25, 0.3) is 0 Å². The highest BCUT2D eigenvalue weighted by Crippen LogP contribution is 2.35. The fourth-order valence-corrected chi connectivity index (χ4v) is 4.71.